The van der Waals surface area contributed by atoms with Crippen LogP contribution in [0.25, 0.3) is 0 Å². The number of amides is 10. The third kappa shape index (κ3) is 30.2. The van der Waals surface area contributed by atoms with Crippen LogP contribution >= 0.6 is 0 Å². The molecule has 13 atom stereocenters. The number of aliphatic hydroxyl groups excluding tert-OH is 10. The van der Waals surface area contributed by atoms with Crippen LogP contribution in [0.1, 0.15) is 160 Å². The van der Waals surface area contributed by atoms with Crippen LogP contribution in [0.4, 0.5) is 21.9 Å². The summed E-state index contributed by atoms with van der Waals surface area (Å²) >= 11 is 0. The zero-order valence-electron chi connectivity index (χ0n) is 60.2. The van der Waals surface area contributed by atoms with Crippen molar-refractivity contribution in [3.05, 3.63) is 54.1 Å². The molecule has 592 valence electrons. The van der Waals surface area contributed by atoms with Gasteiger partial charge in [0.1, 0.15) is 60.8 Å². The lowest BCUT2D eigenvalue weighted by Gasteiger charge is -2.37. The third-order valence-corrected chi connectivity index (χ3v) is 18.1. The van der Waals surface area contributed by atoms with E-state index < -0.39 is 233 Å². The highest BCUT2D eigenvalue weighted by Crippen LogP contribution is 2.38. The van der Waals surface area contributed by atoms with Gasteiger partial charge in [0, 0.05) is 81.0 Å². The van der Waals surface area contributed by atoms with Crippen molar-refractivity contribution in [3.63, 3.8) is 0 Å². The molecule has 36 heteroatoms. The predicted molar refractivity (Wildman–Crippen MR) is 379 cm³/mol. The van der Waals surface area contributed by atoms with E-state index in [0.29, 0.717) is 31.4 Å². The fourth-order valence-electron chi connectivity index (χ4n) is 11.6. The van der Waals surface area contributed by atoms with E-state index >= 15 is 0 Å². The molecule has 106 heavy (non-hydrogen) atoms. The Hall–Kier alpha value is -8.85. The van der Waals surface area contributed by atoms with Crippen molar-refractivity contribution in [2.45, 2.75) is 235 Å². The van der Waals surface area contributed by atoms with E-state index in [0.717, 1.165) is 44.7 Å². The van der Waals surface area contributed by atoms with E-state index in [2.05, 4.69) is 52.8 Å². The number of carbonyl (C=O) groups excluding carboxylic acids is 11. The maximum atomic E-state index is 14.5. The van der Waals surface area contributed by atoms with Gasteiger partial charge in [0.2, 0.25) is 35.4 Å². The number of aliphatic hydroxyl groups is 10. The minimum absolute atomic E-state index is 0.107. The van der Waals surface area contributed by atoms with E-state index in [1.165, 1.54) is 11.0 Å². The van der Waals surface area contributed by atoms with Gasteiger partial charge in [-0.05, 0) is 88.6 Å². The van der Waals surface area contributed by atoms with Gasteiger partial charge in [-0.2, -0.15) is 0 Å². The fourth-order valence-corrected chi connectivity index (χ4v) is 11.6. The number of hydrogen-bond acceptors (Lipinski definition) is 24. The quantitative estimate of drug-likeness (QED) is 0.0293. The maximum Gasteiger partial charge on any atom is 0.319 e. The summed E-state index contributed by atoms with van der Waals surface area (Å²) in [5.74, 6) is -10.8. The average molecular weight is 1500 g/mol. The van der Waals surface area contributed by atoms with Crippen molar-refractivity contribution in [2.24, 2.45) is 5.41 Å². The normalized spacial score (nSPS) is 17.4. The van der Waals surface area contributed by atoms with Crippen molar-refractivity contribution in [1.29, 1.82) is 0 Å². The van der Waals surface area contributed by atoms with Gasteiger partial charge in [0.25, 0.3) is 11.8 Å². The van der Waals surface area contributed by atoms with Crippen molar-refractivity contribution in [2.75, 3.05) is 61.1 Å². The van der Waals surface area contributed by atoms with Crippen LogP contribution in [-0.2, 0) is 52.7 Å². The number of benzene rings is 2. The molecule has 1 heterocycles. The number of urea groups is 1. The number of ketones is 2. The van der Waals surface area contributed by atoms with Crippen LogP contribution in [0.3, 0.4) is 0 Å². The summed E-state index contributed by atoms with van der Waals surface area (Å²) in [4.78, 5) is 176. The second-order valence-electron chi connectivity index (χ2n) is 27.6. The minimum Gasteiger partial charge on any atom is -0.481 e. The Morgan fingerprint density at radius 1 is 0.528 bits per heavy atom. The second kappa shape index (κ2) is 45.0. The summed E-state index contributed by atoms with van der Waals surface area (Å²) in [6, 6.07) is 5.15. The Balaban J connectivity index is 1.37. The first kappa shape index (κ1) is 89.5. The first-order chi connectivity index (χ1) is 50.1. The predicted octanol–water partition coefficient (Wildman–Crippen LogP) is -3.03. The average Bonchev–Trinajstić information content (AvgIpc) is 1.59. The lowest BCUT2D eigenvalue weighted by atomic mass is 9.90. The molecule has 0 bridgehead atoms. The zero-order valence-corrected chi connectivity index (χ0v) is 60.2. The Morgan fingerprint density at radius 3 is 1.51 bits per heavy atom. The number of carboxylic acid groups (broad SMARTS) is 2. The van der Waals surface area contributed by atoms with Crippen LogP contribution in [0, 0.1) is 5.41 Å². The molecule has 1 aliphatic carbocycles. The van der Waals surface area contributed by atoms with Gasteiger partial charge in [-0.1, -0.05) is 77.5 Å². The molecular weight excluding hydrogens is 1390 g/mol. The first-order valence-corrected chi connectivity index (χ1v) is 35.6. The molecular formula is C70H107N11O25. The van der Waals surface area contributed by atoms with E-state index in [-0.39, 0.29) is 55.6 Å². The topological polar surface area (TPSA) is 579 Å². The molecule has 0 spiro atoms. The third-order valence-electron chi connectivity index (χ3n) is 18.1. The van der Waals surface area contributed by atoms with Crippen molar-refractivity contribution in [3.8, 4) is 0 Å². The fraction of sp³-hybridized carbons (Fsp3) is 0.643. The number of anilines is 3. The van der Waals surface area contributed by atoms with Gasteiger partial charge in [0.15, 0.2) is 11.6 Å². The highest BCUT2D eigenvalue weighted by atomic mass is 16.4. The smallest absolute Gasteiger partial charge is 0.319 e. The molecule has 1 aliphatic heterocycles. The van der Waals surface area contributed by atoms with Crippen LogP contribution in [0.5, 0.6) is 0 Å². The zero-order chi connectivity index (χ0) is 79.0. The van der Waals surface area contributed by atoms with E-state index in [4.69, 9.17) is 10.2 Å². The number of carbonyl (C=O) groups is 13. The summed E-state index contributed by atoms with van der Waals surface area (Å²) in [7, 11) is 0. The van der Waals surface area contributed by atoms with Crippen molar-refractivity contribution in [1.82, 2.24) is 42.5 Å². The second-order valence-corrected chi connectivity index (χ2v) is 27.6. The number of rotatable bonds is 46. The SMILES string of the molecule is CC(=O)[C@@H](CCC(=O)NC[C@H](O)[C@@H](O)[C@H](O)[C@H](O)CO)NC(=O)[C@@H](CCC(=O)O)NC(=O)[C@@H](CCC(=O)NC[C@H](O)[C@@H](O)[C@H](O)[C@H](O)CO)NC(=O)[C@@H](CCC(=O)O)NC(=O)CCCCCCCNC(=O)c1cccc(NC(=O)N[C@@H]2CN(C3CCCCC3)c3ccccc3N(CC(=O)C(C)(C)C)C2=O)c1. The summed E-state index contributed by atoms with van der Waals surface area (Å²) < 4.78 is 0. The molecule has 2 aromatic rings. The van der Waals surface area contributed by atoms with Gasteiger partial charge in [-0.15, -0.1) is 0 Å². The number of aliphatic carboxylic acids is 2. The van der Waals surface area contributed by atoms with Gasteiger partial charge in [-0.3, -0.25) is 57.5 Å². The highest BCUT2D eigenvalue weighted by Gasteiger charge is 2.41. The molecule has 2 aromatic carbocycles. The summed E-state index contributed by atoms with van der Waals surface area (Å²) in [5.41, 5.74) is 1.14. The molecule has 0 aromatic heterocycles. The number of nitrogens with one attached hydrogen (secondary N) is 9. The Kier molecular flexibility index (Phi) is 38.0. The van der Waals surface area contributed by atoms with Crippen LogP contribution in [-0.4, -0.2) is 269 Å². The van der Waals surface area contributed by atoms with Crippen molar-refractivity contribution >= 4 is 93.9 Å². The van der Waals surface area contributed by atoms with Crippen LogP contribution < -0.4 is 57.7 Å². The summed E-state index contributed by atoms with van der Waals surface area (Å²) in [6.07, 6.45) is -13.7. The monoisotopic (exact) mass is 1500 g/mol. The molecule has 2 aliphatic rings. The van der Waals surface area contributed by atoms with Gasteiger partial charge in [0.05, 0.1) is 49.4 Å². The van der Waals surface area contributed by atoms with Crippen LogP contribution in [0.2, 0.25) is 0 Å². The molecule has 36 nitrogen and oxygen atoms in total. The number of carboxylic acids is 2. The highest BCUT2D eigenvalue weighted by molar-refractivity contribution is 6.08. The van der Waals surface area contributed by atoms with Crippen LogP contribution in [0.15, 0.2) is 48.5 Å². The molecule has 21 N–H and O–H groups in total. The lowest BCUT2D eigenvalue weighted by molar-refractivity contribution is -0.139. The number of para-hydroxylation sites is 2. The van der Waals surface area contributed by atoms with E-state index in [9.17, 15) is 113 Å². The number of Topliss-reactive ketones (excluding diaryl/α,β-unsaturated/α-hetero) is 2. The molecule has 4 rings (SSSR count). The largest absolute Gasteiger partial charge is 0.481 e. The molecule has 10 amide bonds. The summed E-state index contributed by atoms with van der Waals surface area (Å²) in [6.45, 7) is 3.13. The van der Waals surface area contributed by atoms with Gasteiger partial charge < -0.3 is 119 Å². The number of nitrogens with zero attached hydrogens (tertiary/aromatic N) is 2. The number of hydrogen-bond donors (Lipinski definition) is 21. The lowest BCUT2D eigenvalue weighted by Crippen LogP contribution is -2.58. The Bertz CT molecular complexity index is 3280. The Labute approximate surface area is 613 Å². The molecule has 0 saturated heterocycles. The van der Waals surface area contributed by atoms with E-state index in [1.807, 2.05) is 24.3 Å². The Morgan fingerprint density at radius 2 is 1.00 bits per heavy atom. The van der Waals surface area contributed by atoms with Gasteiger partial charge in [-0.25, -0.2) is 4.79 Å². The van der Waals surface area contributed by atoms with Gasteiger partial charge >= 0.3 is 18.0 Å². The molecule has 0 radical (unpaired) electrons. The number of unbranched alkanes of at least 4 members (excludes halogenated alkanes) is 4. The van der Waals surface area contributed by atoms with Crippen molar-refractivity contribution < 1.29 is 124 Å². The standard InChI is InChI=1S/C70H107N11O25/c1-39(84)43(23-27-55(90)72-33-50(85)60(97)62(99)52(87)37-82)76-66(103)46(26-30-59(95)96)78-67(104)45(24-28-56(91)73-34-51(86)61(98)63(100)53(88)38-83)77-65(102)44(25-29-58(93)94)75-57(92)22-11-6-5-7-14-31-71-64(101)40-16-15-17-41(32-40)74-69(106)79-47-35-80(42-18-9-8-10-19-42)48-20-12-13-21-49(48)81(68(47)105)36-54(89)70(2,3)4/h12-13,15-17,20-21,32,42-47,50-53,60-63,82-83,85-88,97-100H,5-11,14,18-19,22-31,33-38H2,1-4H3,(H,71,101)(H,72,90)(H,73,91)(H,75,92)(H,76,103)(H,77,102)(H,78,104)(H,93,94)(H,95,96)(H2,74,79,106)/t43-,44-,45-,46-,47-,50+,51+,52-,53-,60-,61-,62-,63-/m1/s1. The minimum atomic E-state index is -2.10. The molecule has 0 unspecified atom stereocenters. The summed E-state index contributed by atoms with van der Waals surface area (Å²) in [5, 5.41) is 140. The molecule has 1 saturated carbocycles. The first-order valence-electron chi connectivity index (χ1n) is 35.6. The number of fused-ring (bicyclic) bond motifs is 1. The maximum absolute atomic E-state index is 14.5. The van der Waals surface area contributed by atoms with E-state index in [1.54, 1.807) is 39.0 Å². The molecule has 1 fully saturated rings.